The first kappa shape index (κ1) is 13.2. The third-order valence-corrected chi connectivity index (χ3v) is 2.43. The van der Waals surface area contributed by atoms with E-state index in [2.05, 4.69) is 29.8 Å². The predicted molar refractivity (Wildman–Crippen MR) is 60.6 cm³/mol. The van der Waals surface area contributed by atoms with Gasteiger partial charge in [-0.2, -0.15) is 18.2 Å². The molecule has 0 saturated heterocycles. The smallest absolute Gasteiger partial charge is 0.420 e. The standard InChI is InChI=1S/C11H6F3N5O2/c1-5-17-18-9(20-5)7-4-6(2-3-15-7)8-16-10(21-19-8)11(12,13)14/h2-4H,1H3. The number of nitrogens with zero attached hydrogens (tertiary/aromatic N) is 5. The summed E-state index contributed by atoms with van der Waals surface area (Å²) in [5, 5.41) is 10.7. The molecule has 0 fully saturated rings. The molecule has 0 N–H and O–H groups in total. The Labute approximate surface area is 114 Å². The van der Waals surface area contributed by atoms with Crippen LogP contribution >= 0.6 is 0 Å². The molecule has 0 amide bonds. The summed E-state index contributed by atoms with van der Waals surface area (Å²) in [6.07, 6.45) is -3.32. The molecule has 3 aromatic rings. The second kappa shape index (κ2) is 4.65. The van der Waals surface area contributed by atoms with E-state index in [4.69, 9.17) is 4.42 Å². The molecular weight excluding hydrogens is 291 g/mol. The van der Waals surface area contributed by atoms with Crippen molar-refractivity contribution in [1.29, 1.82) is 0 Å². The van der Waals surface area contributed by atoms with Gasteiger partial charge in [-0.3, -0.25) is 4.98 Å². The van der Waals surface area contributed by atoms with Crippen LogP contribution in [0, 0.1) is 6.92 Å². The molecule has 0 aliphatic rings. The van der Waals surface area contributed by atoms with Gasteiger partial charge < -0.3 is 8.94 Å². The zero-order chi connectivity index (χ0) is 15.0. The van der Waals surface area contributed by atoms with Gasteiger partial charge in [-0.25, -0.2) is 0 Å². The van der Waals surface area contributed by atoms with Gasteiger partial charge in [0.1, 0.15) is 5.69 Å². The molecule has 21 heavy (non-hydrogen) atoms. The first-order chi connectivity index (χ1) is 9.93. The quantitative estimate of drug-likeness (QED) is 0.717. The summed E-state index contributed by atoms with van der Waals surface area (Å²) >= 11 is 0. The number of aryl methyl sites for hydroxylation is 1. The second-order valence-corrected chi connectivity index (χ2v) is 3.98. The van der Waals surface area contributed by atoms with Crippen molar-refractivity contribution in [3.05, 3.63) is 30.1 Å². The van der Waals surface area contributed by atoms with E-state index in [0.29, 0.717) is 11.6 Å². The first-order valence-electron chi connectivity index (χ1n) is 5.61. The topological polar surface area (TPSA) is 90.7 Å². The molecule has 3 aromatic heterocycles. The fourth-order valence-electron chi connectivity index (χ4n) is 1.54. The van der Waals surface area contributed by atoms with Crippen molar-refractivity contribution in [3.8, 4) is 23.0 Å². The Morgan fingerprint density at radius 3 is 2.62 bits per heavy atom. The van der Waals surface area contributed by atoms with Crippen molar-refractivity contribution in [1.82, 2.24) is 25.3 Å². The maximum absolute atomic E-state index is 12.4. The van der Waals surface area contributed by atoms with Crippen LogP contribution in [0.15, 0.2) is 27.3 Å². The predicted octanol–water partition coefficient (Wildman–Crippen LogP) is 2.51. The van der Waals surface area contributed by atoms with E-state index in [1.54, 1.807) is 6.92 Å². The largest absolute Gasteiger partial charge is 0.471 e. The molecule has 0 unspecified atom stereocenters. The van der Waals surface area contributed by atoms with Gasteiger partial charge >= 0.3 is 12.1 Å². The lowest BCUT2D eigenvalue weighted by Gasteiger charge is -1.97. The maximum Gasteiger partial charge on any atom is 0.471 e. The zero-order valence-corrected chi connectivity index (χ0v) is 10.4. The molecule has 0 atom stereocenters. The Balaban J connectivity index is 1.98. The number of hydrogen-bond acceptors (Lipinski definition) is 7. The summed E-state index contributed by atoms with van der Waals surface area (Å²) in [6.45, 7) is 1.61. The molecule has 3 heterocycles. The average molecular weight is 297 g/mol. The van der Waals surface area contributed by atoms with E-state index in [1.165, 1.54) is 18.3 Å². The third kappa shape index (κ3) is 2.59. The zero-order valence-electron chi connectivity index (χ0n) is 10.4. The normalized spacial score (nSPS) is 11.8. The van der Waals surface area contributed by atoms with Gasteiger partial charge in [-0.15, -0.1) is 10.2 Å². The van der Waals surface area contributed by atoms with Gasteiger partial charge in [-0.1, -0.05) is 5.16 Å². The minimum absolute atomic E-state index is 0.147. The van der Waals surface area contributed by atoms with Crippen LogP contribution in [0.4, 0.5) is 13.2 Å². The van der Waals surface area contributed by atoms with Crippen LogP contribution in [0.2, 0.25) is 0 Å². The Kier molecular flexibility index (Phi) is 2.92. The molecule has 10 heteroatoms. The van der Waals surface area contributed by atoms with Crippen LogP contribution in [-0.2, 0) is 6.18 Å². The minimum atomic E-state index is -4.69. The Bertz CT molecular complexity index is 780. The van der Waals surface area contributed by atoms with E-state index in [-0.39, 0.29) is 17.3 Å². The minimum Gasteiger partial charge on any atom is -0.420 e. The van der Waals surface area contributed by atoms with Crippen molar-refractivity contribution in [3.63, 3.8) is 0 Å². The number of halogens is 3. The van der Waals surface area contributed by atoms with Crippen molar-refractivity contribution in [2.45, 2.75) is 13.1 Å². The fraction of sp³-hybridized carbons (Fsp3) is 0.182. The van der Waals surface area contributed by atoms with Gasteiger partial charge in [-0.05, 0) is 12.1 Å². The molecule has 108 valence electrons. The van der Waals surface area contributed by atoms with Crippen molar-refractivity contribution in [2.75, 3.05) is 0 Å². The fourth-order valence-corrected chi connectivity index (χ4v) is 1.54. The van der Waals surface area contributed by atoms with Gasteiger partial charge in [0.25, 0.3) is 5.89 Å². The highest BCUT2D eigenvalue weighted by atomic mass is 19.4. The number of rotatable bonds is 2. The van der Waals surface area contributed by atoms with Gasteiger partial charge in [0.15, 0.2) is 0 Å². The molecule has 3 rings (SSSR count). The number of hydrogen-bond donors (Lipinski definition) is 0. The summed E-state index contributed by atoms with van der Waals surface area (Å²) in [6, 6.07) is 2.87. The van der Waals surface area contributed by atoms with Crippen LogP contribution in [-0.4, -0.2) is 25.3 Å². The molecule has 0 aromatic carbocycles. The highest BCUT2D eigenvalue weighted by Gasteiger charge is 2.38. The van der Waals surface area contributed by atoms with E-state index < -0.39 is 12.1 Å². The first-order valence-corrected chi connectivity index (χ1v) is 5.61. The summed E-state index contributed by atoms with van der Waals surface area (Å²) in [5.41, 5.74) is 0.585. The van der Waals surface area contributed by atoms with Crippen LogP contribution < -0.4 is 0 Å². The number of alkyl halides is 3. The molecule has 0 aliphatic heterocycles. The molecule has 0 saturated carbocycles. The average Bonchev–Trinajstić information content (AvgIpc) is 3.07. The van der Waals surface area contributed by atoms with Crippen LogP contribution in [0.1, 0.15) is 11.8 Å². The molecule has 7 nitrogen and oxygen atoms in total. The lowest BCUT2D eigenvalue weighted by atomic mass is 10.2. The van der Waals surface area contributed by atoms with Gasteiger partial charge in [0.2, 0.25) is 11.7 Å². The SMILES string of the molecule is Cc1nnc(-c2cc(-c3noc(C(F)(F)F)n3)ccn2)o1. The Hall–Kier alpha value is -2.78. The summed E-state index contributed by atoms with van der Waals surface area (Å²) in [4.78, 5) is 7.29. The lowest BCUT2D eigenvalue weighted by Crippen LogP contribution is -2.04. The third-order valence-electron chi connectivity index (χ3n) is 2.43. The lowest BCUT2D eigenvalue weighted by molar-refractivity contribution is -0.159. The van der Waals surface area contributed by atoms with Crippen LogP contribution in [0.3, 0.4) is 0 Å². The highest BCUT2D eigenvalue weighted by molar-refractivity contribution is 5.61. The van der Waals surface area contributed by atoms with Gasteiger partial charge in [0.05, 0.1) is 0 Å². The maximum atomic E-state index is 12.4. The van der Waals surface area contributed by atoms with Crippen LogP contribution in [0.5, 0.6) is 0 Å². The monoisotopic (exact) mass is 297 g/mol. The van der Waals surface area contributed by atoms with Crippen LogP contribution in [0.25, 0.3) is 23.0 Å². The molecule has 0 radical (unpaired) electrons. The van der Waals surface area contributed by atoms with Gasteiger partial charge in [0, 0.05) is 18.7 Å². The summed E-state index contributed by atoms with van der Waals surface area (Å²) < 4.78 is 46.6. The molecule has 0 bridgehead atoms. The van der Waals surface area contributed by atoms with E-state index in [1.807, 2.05) is 0 Å². The Morgan fingerprint density at radius 2 is 2.00 bits per heavy atom. The highest BCUT2D eigenvalue weighted by Crippen LogP contribution is 2.29. The summed E-state index contributed by atoms with van der Waals surface area (Å²) in [7, 11) is 0. The van der Waals surface area contributed by atoms with E-state index in [9.17, 15) is 13.2 Å². The van der Waals surface area contributed by atoms with Crippen molar-refractivity contribution >= 4 is 0 Å². The van der Waals surface area contributed by atoms with E-state index >= 15 is 0 Å². The second-order valence-electron chi connectivity index (χ2n) is 3.98. The van der Waals surface area contributed by atoms with Crippen molar-refractivity contribution < 1.29 is 22.1 Å². The Morgan fingerprint density at radius 1 is 1.19 bits per heavy atom. The molecular formula is C11H6F3N5O2. The molecule has 0 aliphatic carbocycles. The number of aromatic nitrogens is 5. The number of pyridine rings is 1. The van der Waals surface area contributed by atoms with Crippen molar-refractivity contribution in [2.24, 2.45) is 0 Å². The van der Waals surface area contributed by atoms with E-state index in [0.717, 1.165) is 0 Å². The summed E-state index contributed by atoms with van der Waals surface area (Å²) in [5.74, 6) is -1.13. The molecule has 0 spiro atoms.